The normalized spacial score (nSPS) is 14.4. The highest BCUT2D eigenvalue weighted by Gasteiger charge is 2.20. The number of sulfonamides is 1. The van der Waals surface area contributed by atoms with Crippen LogP contribution in [0.2, 0.25) is 0 Å². The molecule has 2 aromatic rings. The Bertz CT molecular complexity index is 1000. The van der Waals surface area contributed by atoms with Crippen molar-refractivity contribution in [1.82, 2.24) is 9.62 Å². The van der Waals surface area contributed by atoms with Gasteiger partial charge >= 0.3 is 0 Å². The van der Waals surface area contributed by atoms with Crippen LogP contribution in [-0.2, 0) is 21.4 Å². The van der Waals surface area contributed by atoms with Crippen LogP contribution in [0, 0.1) is 0 Å². The maximum Gasteiger partial charge on any atom is 0.255 e. The third-order valence-corrected chi connectivity index (χ3v) is 6.22. The largest absolute Gasteiger partial charge is 0.338 e. The standard InChI is InChI=1S/C21H25N3O4S/c1-15(2)23-29(27,28)19-10-8-18(9-11-19)22-21(26)17-6-3-5-16(13-17)14-24-12-4-7-20(24)25/h3,5-6,8-11,13,15,23H,4,7,12,14H2,1-2H3,(H,22,26). The summed E-state index contributed by atoms with van der Waals surface area (Å²) in [6, 6.07) is 13.0. The summed E-state index contributed by atoms with van der Waals surface area (Å²) in [6.45, 7) is 4.74. The lowest BCUT2D eigenvalue weighted by Gasteiger charge is -2.16. The molecule has 1 heterocycles. The summed E-state index contributed by atoms with van der Waals surface area (Å²) < 4.78 is 26.9. The lowest BCUT2D eigenvalue weighted by atomic mass is 10.1. The zero-order valence-corrected chi connectivity index (χ0v) is 17.3. The molecule has 0 saturated carbocycles. The Balaban J connectivity index is 1.67. The molecule has 0 atom stereocenters. The van der Waals surface area contributed by atoms with Crippen molar-refractivity contribution in [3.8, 4) is 0 Å². The van der Waals surface area contributed by atoms with Crippen molar-refractivity contribution in [1.29, 1.82) is 0 Å². The molecule has 3 rings (SSSR count). The van der Waals surface area contributed by atoms with Crippen LogP contribution in [0.3, 0.4) is 0 Å². The average molecular weight is 416 g/mol. The third kappa shape index (κ3) is 5.42. The fourth-order valence-electron chi connectivity index (χ4n) is 3.20. The summed E-state index contributed by atoms with van der Waals surface area (Å²) in [5.41, 5.74) is 1.88. The minimum Gasteiger partial charge on any atom is -0.338 e. The molecule has 0 unspecified atom stereocenters. The number of likely N-dealkylation sites (tertiary alicyclic amines) is 1. The number of hydrogen-bond acceptors (Lipinski definition) is 4. The highest BCUT2D eigenvalue weighted by atomic mass is 32.2. The van der Waals surface area contributed by atoms with Gasteiger partial charge in [-0.05, 0) is 62.2 Å². The van der Waals surface area contributed by atoms with Crippen LogP contribution in [0.4, 0.5) is 5.69 Å². The van der Waals surface area contributed by atoms with E-state index in [0.29, 0.717) is 24.2 Å². The highest BCUT2D eigenvalue weighted by Crippen LogP contribution is 2.18. The second-order valence-corrected chi connectivity index (χ2v) is 9.09. The summed E-state index contributed by atoms with van der Waals surface area (Å²) in [7, 11) is -3.57. The van der Waals surface area contributed by atoms with Gasteiger partial charge in [0.25, 0.3) is 5.91 Å². The molecule has 0 aliphatic carbocycles. The molecular weight excluding hydrogens is 390 g/mol. The van der Waals surface area contributed by atoms with Gasteiger partial charge in [0.2, 0.25) is 15.9 Å². The van der Waals surface area contributed by atoms with E-state index in [1.54, 1.807) is 49.1 Å². The molecule has 0 aromatic heterocycles. The first kappa shape index (κ1) is 21.0. The highest BCUT2D eigenvalue weighted by molar-refractivity contribution is 7.89. The molecule has 1 saturated heterocycles. The number of benzene rings is 2. The molecule has 0 bridgehead atoms. The van der Waals surface area contributed by atoms with Crippen LogP contribution < -0.4 is 10.0 Å². The lowest BCUT2D eigenvalue weighted by Crippen LogP contribution is -2.30. The fraction of sp³-hybridized carbons (Fsp3) is 0.333. The van der Waals surface area contributed by atoms with Crippen molar-refractivity contribution in [3.05, 3.63) is 59.7 Å². The van der Waals surface area contributed by atoms with Gasteiger partial charge in [-0.2, -0.15) is 0 Å². The minimum atomic E-state index is -3.57. The summed E-state index contributed by atoms with van der Waals surface area (Å²) in [5.74, 6) is -0.155. The van der Waals surface area contributed by atoms with Crippen LogP contribution in [0.1, 0.15) is 42.6 Å². The molecule has 8 heteroatoms. The van der Waals surface area contributed by atoms with Crippen molar-refractivity contribution >= 4 is 27.5 Å². The molecule has 2 aromatic carbocycles. The Labute approximate surface area is 171 Å². The Hall–Kier alpha value is -2.71. The van der Waals surface area contributed by atoms with Crippen LogP contribution in [-0.4, -0.2) is 37.7 Å². The molecule has 154 valence electrons. The van der Waals surface area contributed by atoms with E-state index in [1.807, 2.05) is 6.07 Å². The van der Waals surface area contributed by atoms with E-state index in [4.69, 9.17) is 0 Å². The molecular formula is C21H25N3O4S. The molecule has 2 amide bonds. The van der Waals surface area contributed by atoms with Gasteiger partial charge in [0.1, 0.15) is 0 Å². The maximum absolute atomic E-state index is 12.6. The molecule has 29 heavy (non-hydrogen) atoms. The van der Waals surface area contributed by atoms with Crippen LogP contribution in [0.5, 0.6) is 0 Å². The third-order valence-electron chi connectivity index (χ3n) is 4.55. The maximum atomic E-state index is 12.6. The number of carbonyl (C=O) groups excluding carboxylic acids is 2. The van der Waals surface area contributed by atoms with E-state index in [1.165, 1.54) is 12.1 Å². The molecule has 1 aliphatic heterocycles. The van der Waals surface area contributed by atoms with Gasteiger partial charge in [-0.1, -0.05) is 12.1 Å². The van der Waals surface area contributed by atoms with Crippen LogP contribution >= 0.6 is 0 Å². The van der Waals surface area contributed by atoms with Crippen molar-refractivity contribution < 1.29 is 18.0 Å². The Kier molecular flexibility index (Phi) is 6.34. The van der Waals surface area contributed by atoms with Crippen LogP contribution in [0.15, 0.2) is 53.4 Å². The molecule has 2 N–H and O–H groups in total. The monoisotopic (exact) mass is 415 g/mol. The van der Waals surface area contributed by atoms with Gasteiger partial charge in [-0.15, -0.1) is 0 Å². The molecule has 7 nitrogen and oxygen atoms in total. The Morgan fingerprint density at radius 2 is 1.86 bits per heavy atom. The quantitative estimate of drug-likeness (QED) is 0.727. The average Bonchev–Trinajstić information content (AvgIpc) is 3.06. The predicted octanol–water partition coefficient (Wildman–Crippen LogP) is 2.75. The van der Waals surface area contributed by atoms with E-state index in [-0.39, 0.29) is 22.8 Å². The molecule has 1 fully saturated rings. The topological polar surface area (TPSA) is 95.6 Å². The molecule has 0 spiro atoms. The molecule has 0 radical (unpaired) electrons. The van der Waals surface area contributed by atoms with Gasteiger partial charge in [-0.25, -0.2) is 13.1 Å². The summed E-state index contributed by atoms with van der Waals surface area (Å²) >= 11 is 0. The first-order chi connectivity index (χ1) is 13.7. The van der Waals surface area contributed by atoms with E-state index in [0.717, 1.165) is 18.5 Å². The van der Waals surface area contributed by atoms with Gasteiger partial charge in [0.05, 0.1) is 4.90 Å². The SMILES string of the molecule is CC(C)NS(=O)(=O)c1ccc(NC(=O)c2cccc(CN3CCCC3=O)c2)cc1. The molecule has 1 aliphatic rings. The number of hydrogen-bond donors (Lipinski definition) is 2. The zero-order valence-electron chi connectivity index (χ0n) is 16.5. The lowest BCUT2D eigenvalue weighted by molar-refractivity contribution is -0.128. The minimum absolute atomic E-state index is 0.140. The summed E-state index contributed by atoms with van der Waals surface area (Å²) in [4.78, 5) is 26.3. The van der Waals surface area contributed by atoms with Crippen LogP contribution in [0.25, 0.3) is 0 Å². The van der Waals surface area contributed by atoms with E-state index >= 15 is 0 Å². The predicted molar refractivity (Wildman–Crippen MR) is 111 cm³/mol. The van der Waals surface area contributed by atoms with E-state index < -0.39 is 10.0 Å². The zero-order chi connectivity index (χ0) is 21.0. The van der Waals surface area contributed by atoms with Gasteiger partial charge in [0, 0.05) is 36.8 Å². The Morgan fingerprint density at radius 3 is 2.48 bits per heavy atom. The second kappa shape index (κ2) is 8.75. The second-order valence-electron chi connectivity index (χ2n) is 7.37. The first-order valence-electron chi connectivity index (χ1n) is 9.55. The summed E-state index contributed by atoms with van der Waals surface area (Å²) in [6.07, 6.45) is 1.45. The van der Waals surface area contributed by atoms with Gasteiger partial charge in [0.15, 0.2) is 0 Å². The number of rotatable bonds is 7. The van der Waals surface area contributed by atoms with Crippen molar-refractivity contribution in [2.75, 3.05) is 11.9 Å². The van der Waals surface area contributed by atoms with Crippen molar-refractivity contribution in [3.63, 3.8) is 0 Å². The number of nitrogens with one attached hydrogen (secondary N) is 2. The van der Waals surface area contributed by atoms with E-state index in [2.05, 4.69) is 10.0 Å². The fourth-order valence-corrected chi connectivity index (χ4v) is 4.45. The van der Waals surface area contributed by atoms with E-state index in [9.17, 15) is 18.0 Å². The number of carbonyl (C=O) groups is 2. The number of anilines is 1. The first-order valence-corrected chi connectivity index (χ1v) is 11.0. The van der Waals surface area contributed by atoms with Crippen molar-refractivity contribution in [2.24, 2.45) is 0 Å². The summed E-state index contributed by atoms with van der Waals surface area (Å²) in [5, 5.41) is 2.77. The van der Waals surface area contributed by atoms with Crippen molar-refractivity contribution in [2.45, 2.75) is 44.2 Å². The smallest absolute Gasteiger partial charge is 0.255 e. The van der Waals surface area contributed by atoms with Gasteiger partial charge in [-0.3, -0.25) is 9.59 Å². The Morgan fingerprint density at radius 1 is 1.14 bits per heavy atom. The number of amides is 2. The van der Waals surface area contributed by atoms with Gasteiger partial charge < -0.3 is 10.2 Å². The number of nitrogens with zero attached hydrogens (tertiary/aromatic N) is 1.